The number of aromatic nitrogens is 3. The van der Waals surface area contributed by atoms with Crippen LogP contribution in [0.4, 0.5) is 5.82 Å². The van der Waals surface area contributed by atoms with Gasteiger partial charge in [0.25, 0.3) is 5.91 Å². The van der Waals surface area contributed by atoms with Crippen LogP contribution in [0.3, 0.4) is 0 Å². The van der Waals surface area contributed by atoms with Crippen molar-refractivity contribution in [2.24, 2.45) is 0 Å². The average molecular weight is 406 g/mol. The lowest BCUT2D eigenvalue weighted by atomic mass is 10.0. The summed E-state index contributed by atoms with van der Waals surface area (Å²) in [4.78, 5) is 25.3. The lowest BCUT2D eigenvalue weighted by Gasteiger charge is -2.10. The fraction of sp³-hybridized carbons (Fsp3) is 0.348. The zero-order chi connectivity index (χ0) is 20.8. The zero-order valence-electron chi connectivity index (χ0n) is 17.2. The van der Waals surface area contributed by atoms with Gasteiger partial charge in [-0.3, -0.25) is 9.78 Å². The van der Waals surface area contributed by atoms with Gasteiger partial charge in [0, 0.05) is 36.3 Å². The molecule has 3 N–H and O–H groups in total. The highest BCUT2D eigenvalue weighted by molar-refractivity contribution is 6.08. The minimum Gasteiger partial charge on any atom is -0.476 e. The maximum atomic E-state index is 13.1. The van der Waals surface area contributed by atoms with Gasteiger partial charge in [-0.25, -0.2) is 0 Å². The molecule has 1 aliphatic carbocycles. The maximum Gasteiger partial charge on any atom is 0.259 e. The van der Waals surface area contributed by atoms with Gasteiger partial charge in [-0.15, -0.1) is 0 Å². The highest BCUT2D eigenvalue weighted by Crippen LogP contribution is 2.33. The van der Waals surface area contributed by atoms with E-state index < -0.39 is 0 Å². The minimum atomic E-state index is -0.208. The normalized spacial score (nSPS) is 12.6. The van der Waals surface area contributed by atoms with E-state index in [1.807, 2.05) is 12.1 Å². The summed E-state index contributed by atoms with van der Waals surface area (Å²) in [6.45, 7) is 4.37. The van der Waals surface area contributed by atoms with E-state index in [9.17, 15) is 4.79 Å². The fourth-order valence-corrected chi connectivity index (χ4v) is 3.71. The second-order valence-electron chi connectivity index (χ2n) is 7.33. The Balaban J connectivity index is 1.49. The van der Waals surface area contributed by atoms with Crippen molar-refractivity contribution in [2.45, 2.75) is 32.6 Å². The van der Waals surface area contributed by atoms with Crippen LogP contribution in [0.1, 0.15) is 41.4 Å². The van der Waals surface area contributed by atoms with Gasteiger partial charge < -0.3 is 20.4 Å². The van der Waals surface area contributed by atoms with Crippen molar-refractivity contribution in [1.82, 2.24) is 20.3 Å². The van der Waals surface area contributed by atoms with Crippen LogP contribution in [0.2, 0.25) is 0 Å². The molecule has 7 heteroatoms. The Morgan fingerprint density at radius 3 is 3.03 bits per heavy atom. The number of aryl methyl sites for hydroxylation is 2. The molecule has 0 saturated heterocycles. The van der Waals surface area contributed by atoms with E-state index in [1.165, 1.54) is 5.56 Å². The molecule has 30 heavy (non-hydrogen) atoms. The van der Waals surface area contributed by atoms with E-state index in [2.05, 4.69) is 38.6 Å². The molecule has 0 aliphatic heterocycles. The van der Waals surface area contributed by atoms with Crippen LogP contribution >= 0.6 is 0 Å². The van der Waals surface area contributed by atoms with Crippen LogP contribution < -0.4 is 15.4 Å². The number of H-pyrrole nitrogens is 1. The lowest BCUT2D eigenvalue weighted by molar-refractivity contribution is 0.102. The van der Waals surface area contributed by atoms with Gasteiger partial charge in [-0.2, -0.15) is 4.98 Å². The second kappa shape index (κ2) is 9.54. The van der Waals surface area contributed by atoms with Gasteiger partial charge in [0.15, 0.2) is 0 Å². The topological polar surface area (TPSA) is 91.9 Å². The predicted molar refractivity (Wildman–Crippen MR) is 117 cm³/mol. The van der Waals surface area contributed by atoms with Gasteiger partial charge in [0.1, 0.15) is 12.4 Å². The molecule has 3 heterocycles. The first-order chi connectivity index (χ1) is 14.8. The molecule has 4 rings (SSSR count). The molecule has 0 aromatic carbocycles. The Hall–Kier alpha value is -3.19. The van der Waals surface area contributed by atoms with Crippen LogP contribution in [0.5, 0.6) is 5.88 Å². The minimum absolute atomic E-state index is 0.208. The molecule has 3 aromatic rings. The number of ether oxygens (including phenoxy) is 1. The summed E-state index contributed by atoms with van der Waals surface area (Å²) >= 11 is 0. The third-order valence-corrected chi connectivity index (χ3v) is 5.13. The van der Waals surface area contributed by atoms with Crippen LogP contribution in [-0.4, -0.2) is 40.6 Å². The number of pyridine rings is 2. The van der Waals surface area contributed by atoms with Crippen LogP contribution in [0.15, 0.2) is 42.7 Å². The van der Waals surface area contributed by atoms with E-state index in [0.29, 0.717) is 23.9 Å². The summed E-state index contributed by atoms with van der Waals surface area (Å²) in [5.41, 5.74) is 4.61. The average Bonchev–Trinajstić information content (AvgIpc) is 3.09. The SMILES string of the molecule is CCCNCCOc1cccc(NC(=O)c2c[nH]c3c2-c2ncccc2CCC3)n1. The molecule has 1 aliphatic rings. The Labute approximate surface area is 176 Å². The first-order valence-electron chi connectivity index (χ1n) is 10.5. The number of carbonyl (C=O) groups is 1. The zero-order valence-corrected chi connectivity index (χ0v) is 17.2. The van der Waals surface area contributed by atoms with Crippen molar-refractivity contribution in [3.63, 3.8) is 0 Å². The summed E-state index contributed by atoms with van der Waals surface area (Å²) in [6, 6.07) is 9.41. The van der Waals surface area contributed by atoms with Crippen molar-refractivity contribution < 1.29 is 9.53 Å². The number of nitrogens with one attached hydrogen (secondary N) is 3. The summed E-state index contributed by atoms with van der Waals surface area (Å²) in [7, 11) is 0. The predicted octanol–water partition coefficient (Wildman–Crippen LogP) is 3.59. The molecular formula is C23H27N5O2. The van der Waals surface area contributed by atoms with Crippen LogP contribution in [0.25, 0.3) is 11.3 Å². The van der Waals surface area contributed by atoms with E-state index in [0.717, 1.165) is 55.7 Å². The molecule has 0 radical (unpaired) electrons. The molecule has 3 aromatic heterocycles. The standard InChI is InChI=1S/C23H27N5O2/c1-2-11-24-13-14-30-20-10-4-9-19(27-20)28-23(29)17-15-26-18-8-3-6-16-7-5-12-25-22(16)21(17)18/h4-5,7,9-10,12,15,24,26H,2-3,6,8,11,13-14H2,1H3,(H,27,28,29). The van der Waals surface area contributed by atoms with Crippen molar-refractivity contribution in [2.75, 3.05) is 25.0 Å². The Morgan fingerprint density at radius 1 is 1.20 bits per heavy atom. The molecule has 0 bridgehead atoms. The number of rotatable bonds is 8. The van der Waals surface area contributed by atoms with E-state index >= 15 is 0 Å². The van der Waals surface area contributed by atoms with Gasteiger partial charge in [0.2, 0.25) is 5.88 Å². The number of hydrogen-bond acceptors (Lipinski definition) is 5. The largest absolute Gasteiger partial charge is 0.476 e. The van der Waals surface area contributed by atoms with Crippen LogP contribution in [0, 0.1) is 0 Å². The maximum absolute atomic E-state index is 13.1. The Bertz CT molecular complexity index is 1010. The third-order valence-electron chi connectivity index (χ3n) is 5.13. The molecular weight excluding hydrogens is 378 g/mol. The molecule has 0 unspecified atom stereocenters. The van der Waals surface area contributed by atoms with E-state index in [4.69, 9.17) is 4.74 Å². The quantitative estimate of drug-likeness (QED) is 0.498. The van der Waals surface area contributed by atoms with E-state index in [1.54, 1.807) is 24.5 Å². The number of amides is 1. The van der Waals surface area contributed by atoms with Crippen molar-refractivity contribution >= 4 is 11.7 Å². The molecule has 0 fully saturated rings. The summed E-state index contributed by atoms with van der Waals surface area (Å²) < 4.78 is 5.68. The van der Waals surface area contributed by atoms with Gasteiger partial charge >= 0.3 is 0 Å². The number of hydrogen-bond donors (Lipinski definition) is 3. The number of aromatic amines is 1. The van der Waals surface area contributed by atoms with Gasteiger partial charge in [-0.1, -0.05) is 19.1 Å². The lowest BCUT2D eigenvalue weighted by Crippen LogP contribution is -2.22. The monoisotopic (exact) mass is 405 g/mol. The van der Waals surface area contributed by atoms with Crippen molar-refractivity contribution in [3.05, 3.63) is 59.5 Å². The number of carbonyl (C=O) groups excluding carboxylic acids is 1. The Kier molecular flexibility index (Phi) is 6.39. The summed E-state index contributed by atoms with van der Waals surface area (Å²) in [6.07, 6.45) is 7.52. The second-order valence-corrected chi connectivity index (χ2v) is 7.33. The first-order valence-corrected chi connectivity index (χ1v) is 10.5. The van der Waals surface area contributed by atoms with Crippen molar-refractivity contribution in [1.29, 1.82) is 0 Å². The first kappa shape index (κ1) is 20.1. The number of nitrogens with zero attached hydrogens (tertiary/aromatic N) is 2. The van der Waals surface area contributed by atoms with Crippen molar-refractivity contribution in [3.8, 4) is 17.1 Å². The molecule has 0 atom stereocenters. The van der Waals surface area contributed by atoms with E-state index in [-0.39, 0.29) is 5.91 Å². The molecule has 156 valence electrons. The molecule has 7 nitrogen and oxygen atoms in total. The molecule has 0 spiro atoms. The molecule has 0 saturated carbocycles. The number of anilines is 1. The van der Waals surface area contributed by atoms with Gasteiger partial charge in [-0.05, 0) is 49.9 Å². The molecule has 1 amide bonds. The highest BCUT2D eigenvalue weighted by atomic mass is 16.5. The van der Waals surface area contributed by atoms with Crippen LogP contribution in [-0.2, 0) is 12.8 Å². The highest BCUT2D eigenvalue weighted by Gasteiger charge is 2.24. The summed E-state index contributed by atoms with van der Waals surface area (Å²) in [5.74, 6) is 0.745. The Morgan fingerprint density at radius 2 is 2.13 bits per heavy atom. The third kappa shape index (κ3) is 4.52. The van der Waals surface area contributed by atoms with Gasteiger partial charge in [0.05, 0.1) is 11.3 Å². The number of fused-ring (bicyclic) bond motifs is 3. The summed E-state index contributed by atoms with van der Waals surface area (Å²) in [5, 5.41) is 6.18. The fourth-order valence-electron chi connectivity index (χ4n) is 3.71. The smallest absolute Gasteiger partial charge is 0.259 e.